The van der Waals surface area contributed by atoms with Crippen LogP contribution in [0.5, 0.6) is 0 Å². The van der Waals surface area contributed by atoms with Crippen LogP contribution in [0.25, 0.3) is 0 Å². The van der Waals surface area contributed by atoms with Crippen LogP contribution in [-0.4, -0.2) is 23.7 Å². The first kappa shape index (κ1) is 17.6. The summed E-state index contributed by atoms with van der Waals surface area (Å²) >= 11 is 1.93. The van der Waals surface area contributed by atoms with Gasteiger partial charge in [-0.15, -0.1) is 24.2 Å². The van der Waals surface area contributed by atoms with E-state index in [-0.39, 0.29) is 18.3 Å². The predicted octanol–water partition coefficient (Wildman–Crippen LogP) is 4.22. The van der Waals surface area contributed by atoms with E-state index in [1.807, 2.05) is 23.9 Å². The lowest BCUT2D eigenvalue weighted by Crippen LogP contribution is -2.27. The fourth-order valence-electron chi connectivity index (χ4n) is 3.21. The van der Waals surface area contributed by atoms with E-state index in [2.05, 4.69) is 22.8 Å². The van der Waals surface area contributed by atoms with Gasteiger partial charge in [0.1, 0.15) is 0 Å². The van der Waals surface area contributed by atoms with Crippen molar-refractivity contribution in [3.63, 3.8) is 0 Å². The Balaban J connectivity index is 0.00000176. The van der Waals surface area contributed by atoms with Gasteiger partial charge in [0.25, 0.3) is 0 Å². The second-order valence-corrected chi connectivity index (χ2v) is 7.41. The van der Waals surface area contributed by atoms with Crippen LogP contribution in [-0.2, 0) is 4.79 Å². The van der Waals surface area contributed by atoms with Gasteiger partial charge < -0.3 is 10.6 Å². The molecule has 3 rings (SSSR count). The van der Waals surface area contributed by atoms with Gasteiger partial charge >= 0.3 is 0 Å². The van der Waals surface area contributed by atoms with Gasteiger partial charge in [0.15, 0.2) is 0 Å². The van der Waals surface area contributed by atoms with Crippen molar-refractivity contribution in [2.75, 3.05) is 11.9 Å². The maximum Gasteiger partial charge on any atom is 0.225 e. The van der Waals surface area contributed by atoms with E-state index in [9.17, 15) is 4.79 Å². The van der Waals surface area contributed by atoms with Crippen molar-refractivity contribution < 1.29 is 4.79 Å². The van der Waals surface area contributed by atoms with E-state index in [0.29, 0.717) is 12.5 Å². The van der Waals surface area contributed by atoms with Gasteiger partial charge in [-0.05, 0) is 44.4 Å². The smallest absolute Gasteiger partial charge is 0.225 e. The Bertz CT molecular complexity index is 485. The molecule has 0 aromatic heterocycles. The number of rotatable bonds is 5. The summed E-state index contributed by atoms with van der Waals surface area (Å²) in [6.45, 7) is 1.05. The lowest BCUT2D eigenvalue weighted by atomic mass is 10.1. The molecule has 1 heterocycles. The molecule has 0 radical (unpaired) electrons. The minimum Gasteiger partial charge on any atom is -0.325 e. The summed E-state index contributed by atoms with van der Waals surface area (Å²) in [5.41, 5.74) is 0.984. The zero-order valence-corrected chi connectivity index (χ0v) is 14.5. The zero-order chi connectivity index (χ0) is 14.5. The lowest BCUT2D eigenvalue weighted by Gasteiger charge is -2.15. The van der Waals surface area contributed by atoms with Gasteiger partial charge in [0, 0.05) is 22.6 Å². The average molecular weight is 341 g/mol. The number of amides is 1. The standard InChI is InChI=1S/C17H24N2OS.ClH/c20-17(12-13-6-5-11-18-13)19-15-9-3-4-10-16(15)21-14-7-1-2-8-14;/h3-4,9-10,13-14,18H,1-2,5-8,11-12H2,(H,19,20);1H. The quantitative estimate of drug-likeness (QED) is 0.843. The molecule has 2 fully saturated rings. The number of benzene rings is 1. The van der Waals surface area contributed by atoms with Crippen molar-refractivity contribution in [1.82, 2.24) is 5.32 Å². The molecule has 1 aromatic rings. The van der Waals surface area contributed by atoms with E-state index >= 15 is 0 Å². The number of hydrogen-bond acceptors (Lipinski definition) is 3. The Kier molecular flexibility index (Phi) is 7.06. The second kappa shape index (κ2) is 8.80. The van der Waals surface area contributed by atoms with E-state index in [1.54, 1.807) is 0 Å². The monoisotopic (exact) mass is 340 g/mol. The van der Waals surface area contributed by atoms with Crippen LogP contribution >= 0.6 is 24.2 Å². The van der Waals surface area contributed by atoms with Crippen LogP contribution in [0.4, 0.5) is 5.69 Å². The van der Waals surface area contributed by atoms with Gasteiger partial charge in [0.05, 0.1) is 5.69 Å². The van der Waals surface area contributed by atoms with Crippen LogP contribution in [0.15, 0.2) is 29.2 Å². The molecule has 5 heteroatoms. The summed E-state index contributed by atoms with van der Waals surface area (Å²) in [4.78, 5) is 13.4. The predicted molar refractivity (Wildman–Crippen MR) is 96.1 cm³/mol. The van der Waals surface area contributed by atoms with Crippen molar-refractivity contribution in [2.45, 2.75) is 61.1 Å². The van der Waals surface area contributed by atoms with Crippen molar-refractivity contribution in [3.05, 3.63) is 24.3 Å². The van der Waals surface area contributed by atoms with Crippen molar-refractivity contribution in [1.29, 1.82) is 0 Å². The summed E-state index contributed by atoms with van der Waals surface area (Å²) in [5, 5.41) is 7.21. The molecular formula is C17H25ClN2OS. The van der Waals surface area contributed by atoms with Crippen molar-refractivity contribution in [2.24, 2.45) is 0 Å². The van der Waals surface area contributed by atoms with E-state index in [1.165, 1.54) is 37.0 Å². The molecule has 1 saturated carbocycles. The zero-order valence-electron chi connectivity index (χ0n) is 12.8. The second-order valence-electron chi connectivity index (χ2n) is 6.07. The highest BCUT2D eigenvalue weighted by molar-refractivity contribution is 8.00. The maximum absolute atomic E-state index is 12.2. The van der Waals surface area contributed by atoms with E-state index in [0.717, 1.165) is 23.9 Å². The summed E-state index contributed by atoms with van der Waals surface area (Å²) in [6, 6.07) is 8.58. The molecule has 0 bridgehead atoms. The third kappa shape index (κ3) is 4.90. The Hall–Kier alpha value is -0.710. The van der Waals surface area contributed by atoms with E-state index in [4.69, 9.17) is 0 Å². The van der Waals surface area contributed by atoms with Crippen molar-refractivity contribution in [3.8, 4) is 0 Å². The number of nitrogens with one attached hydrogen (secondary N) is 2. The molecule has 0 spiro atoms. The number of carbonyl (C=O) groups excluding carboxylic acids is 1. The Morgan fingerprint density at radius 2 is 1.95 bits per heavy atom. The van der Waals surface area contributed by atoms with Crippen LogP contribution < -0.4 is 10.6 Å². The third-order valence-corrected chi connectivity index (χ3v) is 5.77. The number of para-hydroxylation sites is 1. The summed E-state index contributed by atoms with van der Waals surface area (Å²) in [7, 11) is 0. The normalized spacial score (nSPS) is 21.5. The Morgan fingerprint density at radius 1 is 1.18 bits per heavy atom. The number of anilines is 1. The molecular weight excluding hydrogens is 316 g/mol. The highest BCUT2D eigenvalue weighted by Gasteiger charge is 2.20. The molecule has 1 amide bonds. The van der Waals surface area contributed by atoms with Gasteiger partial charge in [-0.3, -0.25) is 4.79 Å². The molecule has 3 nitrogen and oxygen atoms in total. The molecule has 22 heavy (non-hydrogen) atoms. The highest BCUT2D eigenvalue weighted by atomic mass is 35.5. The number of thioether (sulfide) groups is 1. The molecule has 122 valence electrons. The van der Waals surface area contributed by atoms with Gasteiger partial charge in [0.2, 0.25) is 5.91 Å². The SMILES string of the molecule is Cl.O=C(CC1CCCN1)Nc1ccccc1SC1CCCC1. The molecule has 1 atom stereocenters. The van der Waals surface area contributed by atoms with Crippen LogP contribution in [0, 0.1) is 0 Å². The van der Waals surface area contributed by atoms with Crippen LogP contribution in [0.2, 0.25) is 0 Å². The third-order valence-electron chi connectivity index (χ3n) is 4.35. The first-order chi connectivity index (χ1) is 10.3. The lowest BCUT2D eigenvalue weighted by molar-refractivity contribution is -0.116. The maximum atomic E-state index is 12.2. The van der Waals surface area contributed by atoms with Crippen LogP contribution in [0.3, 0.4) is 0 Å². The molecule has 1 saturated heterocycles. The van der Waals surface area contributed by atoms with Gasteiger partial charge in [-0.1, -0.05) is 25.0 Å². The summed E-state index contributed by atoms with van der Waals surface area (Å²) in [6.07, 6.45) is 8.19. The first-order valence-corrected chi connectivity index (χ1v) is 8.98. The molecule has 2 N–H and O–H groups in total. The minimum absolute atomic E-state index is 0. The summed E-state index contributed by atoms with van der Waals surface area (Å²) < 4.78 is 0. The minimum atomic E-state index is 0. The largest absolute Gasteiger partial charge is 0.325 e. The van der Waals surface area contributed by atoms with Crippen molar-refractivity contribution >= 4 is 35.8 Å². The highest BCUT2D eigenvalue weighted by Crippen LogP contribution is 2.38. The molecule has 1 aromatic carbocycles. The Morgan fingerprint density at radius 3 is 2.68 bits per heavy atom. The molecule has 1 unspecified atom stereocenters. The number of hydrogen-bond donors (Lipinski definition) is 2. The fraction of sp³-hybridized carbons (Fsp3) is 0.588. The van der Waals surface area contributed by atoms with Crippen LogP contribution in [0.1, 0.15) is 44.9 Å². The summed E-state index contributed by atoms with van der Waals surface area (Å²) in [5.74, 6) is 0.133. The number of carbonyl (C=O) groups is 1. The first-order valence-electron chi connectivity index (χ1n) is 8.10. The Labute approximate surface area is 143 Å². The topological polar surface area (TPSA) is 41.1 Å². The molecule has 1 aliphatic carbocycles. The fourth-order valence-corrected chi connectivity index (χ4v) is 4.55. The number of halogens is 1. The average Bonchev–Trinajstić information content (AvgIpc) is 3.14. The van der Waals surface area contributed by atoms with Gasteiger partial charge in [-0.25, -0.2) is 0 Å². The molecule has 1 aliphatic heterocycles. The molecule has 2 aliphatic rings. The van der Waals surface area contributed by atoms with E-state index < -0.39 is 0 Å². The van der Waals surface area contributed by atoms with Gasteiger partial charge in [-0.2, -0.15) is 0 Å².